The molecule has 0 spiro atoms. The van der Waals surface area contributed by atoms with Gasteiger partial charge >= 0.3 is 0 Å². The molecule has 1 saturated heterocycles. The number of Topliss-reactive ketones (excluding diaryl/α,β-unsaturated/α-hetero) is 1. The van der Waals surface area contributed by atoms with E-state index in [1.807, 2.05) is 59.1 Å². The third kappa shape index (κ3) is 5.78. The number of hydrogen-bond acceptors (Lipinski definition) is 5. The number of ketones is 1. The van der Waals surface area contributed by atoms with Crippen molar-refractivity contribution in [1.82, 2.24) is 4.90 Å². The maximum Gasteiger partial charge on any atom is 0.295 e. The minimum atomic E-state index is -0.761. The molecule has 2 aromatic carbocycles. The van der Waals surface area contributed by atoms with Crippen LogP contribution in [0, 0.1) is 0 Å². The van der Waals surface area contributed by atoms with Gasteiger partial charge in [0, 0.05) is 5.57 Å². The first-order valence-corrected chi connectivity index (χ1v) is 11.8. The number of likely N-dealkylation sites (N-methyl/N-ethyl adjacent to an activating group) is 1. The van der Waals surface area contributed by atoms with Crippen LogP contribution in [0.1, 0.15) is 44.4 Å². The van der Waals surface area contributed by atoms with E-state index in [0.717, 1.165) is 11.3 Å². The van der Waals surface area contributed by atoms with E-state index in [0.29, 0.717) is 42.3 Å². The topological polar surface area (TPSA) is 83.3 Å². The quantitative estimate of drug-likeness (QED) is 0.327. The van der Waals surface area contributed by atoms with E-state index in [1.54, 1.807) is 24.3 Å². The molecule has 1 amide bonds. The Morgan fingerprint density at radius 1 is 1.09 bits per heavy atom. The standard InChI is InChI=1S/C27H34N2O5/c1-6-16-33-22-9-7-8-20(17-22)24-23(26(31)27(32)29(24)15-14-28(4)5)25(30)19-10-12-21(13-11-19)34-18(2)3/h7-13,17-18,24,30H,6,14-16H2,1-5H3/b25-23+. The minimum absolute atomic E-state index is 0.00364. The van der Waals surface area contributed by atoms with Crippen molar-refractivity contribution in [3.8, 4) is 11.5 Å². The first-order chi connectivity index (χ1) is 16.2. The highest BCUT2D eigenvalue weighted by Crippen LogP contribution is 2.39. The SMILES string of the molecule is CCCOc1cccc(C2/C(=C(\[O-])c3ccc(OC(C)C)cc3)C(=O)C(=O)N2CC[NH+](C)C)c1. The summed E-state index contributed by atoms with van der Waals surface area (Å²) >= 11 is 0. The Morgan fingerprint density at radius 3 is 2.41 bits per heavy atom. The second kappa shape index (κ2) is 11.2. The second-order valence-corrected chi connectivity index (χ2v) is 9.04. The Kier molecular flexibility index (Phi) is 8.34. The van der Waals surface area contributed by atoms with Crippen molar-refractivity contribution in [2.45, 2.75) is 39.3 Å². The zero-order chi connectivity index (χ0) is 24.8. The third-order valence-corrected chi connectivity index (χ3v) is 5.52. The monoisotopic (exact) mass is 466 g/mol. The van der Waals surface area contributed by atoms with Gasteiger partial charge in [0.05, 0.1) is 45.9 Å². The predicted octanol–water partition coefficient (Wildman–Crippen LogP) is 1.63. The Morgan fingerprint density at radius 2 is 1.79 bits per heavy atom. The van der Waals surface area contributed by atoms with E-state index in [-0.39, 0.29) is 11.7 Å². The van der Waals surface area contributed by atoms with Gasteiger partial charge in [-0.1, -0.05) is 36.9 Å². The van der Waals surface area contributed by atoms with Gasteiger partial charge in [0.2, 0.25) is 5.78 Å². The average molecular weight is 467 g/mol. The van der Waals surface area contributed by atoms with Gasteiger partial charge in [0.1, 0.15) is 11.5 Å². The lowest BCUT2D eigenvalue weighted by molar-refractivity contribution is -0.857. The van der Waals surface area contributed by atoms with Crippen LogP contribution in [0.3, 0.4) is 0 Å². The molecule has 3 rings (SSSR count). The van der Waals surface area contributed by atoms with Crippen LogP contribution in [0.25, 0.3) is 5.76 Å². The first kappa shape index (κ1) is 25.3. The van der Waals surface area contributed by atoms with Crippen molar-refractivity contribution < 1.29 is 29.1 Å². The number of ether oxygens (including phenoxy) is 2. The molecule has 2 aromatic rings. The molecule has 1 N–H and O–H groups in total. The van der Waals surface area contributed by atoms with E-state index in [1.165, 1.54) is 4.90 Å². The van der Waals surface area contributed by atoms with Crippen molar-refractivity contribution in [3.05, 3.63) is 65.2 Å². The number of nitrogens with one attached hydrogen (secondary N) is 1. The highest BCUT2D eigenvalue weighted by molar-refractivity contribution is 6.46. The van der Waals surface area contributed by atoms with Gasteiger partial charge in [0.25, 0.3) is 5.91 Å². The summed E-state index contributed by atoms with van der Waals surface area (Å²) < 4.78 is 11.4. The number of carbonyl (C=O) groups excluding carboxylic acids is 2. The van der Waals surface area contributed by atoms with Gasteiger partial charge < -0.3 is 24.4 Å². The highest BCUT2D eigenvalue weighted by atomic mass is 16.5. The zero-order valence-electron chi connectivity index (χ0n) is 20.6. The molecule has 182 valence electrons. The van der Waals surface area contributed by atoms with E-state index >= 15 is 0 Å². The van der Waals surface area contributed by atoms with Crippen molar-refractivity contribution in [2.24, 2.45) is 0 Å². The molecule has 1 aliphatic rings. The summed E-state index contributed by atoms with van der Waals surface area (Å²) in [5.74, 6) is -0.552. The van der Waals surface area contributed by atoms with Crippen molar-refractivity contribution in [3.63, 3.8) is 0 Å². The van der Waals surface area contributed by atoms with Crippen LogP contribution in [-0.4, -0.2) is 56.5 Å². The average Bonchev–Trinajstić information content (AvgIpc) is 3.06. The van der Waals surface area contributed by atoms with Crippen molar-refractivity contribution in [2.75, 3.05) is 33.8 Å². The Balaban J connectivity index is 2.07. The highest BCUT2D eigenvalue weighted by Gasteiger charge is 2.44. The summed E-state index contributed by atoms with van der Waals surface area (Å²) in [4.78, 5) is 28.8. The largest absolute Gasteiger partial charge is 0.872 e. The van der Waals surface area contributed by atoms with Gasteiger partial charge in [-0.25, -0.2) is 0 Å². The lowest BCUT2D eigenvalue weighted by atomic mass is 9.95. The fraction of sp³-hybridized carbons (Fsp3) is 0.407. The van der Waals surface area contributed by atoms with Crippen LogP contribution >= 0.6 is 0 Å². The van der Waals surface area contributed by atoms with Gasteiger partial charge in [-0.2, -0.15) is 0 Å². The summed E-state index contributed by atoms with van der Waals surface area (Å²) in [5.41, 5.74) is 1.00. The maximum absolute atomic E-state index is 13.5. The number of hydrogen-bond donors (Lipinski definition) is 1. The first-order valence-electron chi connectivity index (χ1n) is 11.8. The minimum Gasteiger partial charge on any atom is -0.872 e. The molecule has 0 radical (unpaired) electrons. The zero-order valence-corrected chi connectivity index (χ0v) is 20.6. The van der Waals surface area contributed by atoms with Crippen LogP contribution in [0.15, 0.2) is 54.1 Å². The normalized spacial score (nSPS) is 17.6. The molecule has 7 heteroatoms. The lowest BCUT2D eigenvalue weighted by Crippen LogP contribution is -3.06. The molecule has 0 saturated carbocycles. The van der Waals surface area contributed by atoms with Crippen molar-refractivity contribution in [1.29, 1.82) is 0 Å². The molecule has 1 fully saturated rings. The molecule has 34 heavy (non-hydrogen) atoms. The van der Waals surface area contributed by atoms with Gasteiger partial charge in [-0.3, -0.25) is 9.59 Å². The van der Waals surface area contributed by atoms with E-state index in [2.05, 4.69) is 0 Å². The molecule has 0 aliphatic carbocycles. The summed E-state index contributed by atoms with van der Waals surface area (Å²) in [5, 5.41) is 13.5. The van der Waals surface area contributed by atoms with E-state index in [4.69, 9.17) is 9.47 Å². The lowest BCUT2D eigenvalue weighted by Gasteiger charge is -2.28. The Labute approximate surface area is 201 Å². The number of likely N-dealkylation sites (tertiary alicyclic amines) is 1. The summed E-state index contributed by atoms with van der Waals surface area (Å²) in [6, 6.07) is 13.2. The number of nitrogens with zero attached hydrogens (tertiary/aromatic N) is 1. The molecule has 0 aromatic heterocycles. The number of benzene rings is 2. The Hall–Kier alpha value is -3.32. The van der Waals surface area contributed by atoms with Crippen LogP contribution in [-0.2, 0) is 9.59 Å². The van der Waals surface area contributed by atoms with Crippen LogP contribution in [0.4, 0.5) is 0 Å². The molecule has 1 unspecified atom stereocenters. The summed E-state index contributed by atoms with van der Waals surface area (Å²) in [6.07, 6.45) is 0.860. The smallest absolute Gasteiger partial charge is 0.295 e. The van der Waals surface area contributed by atoms with Crippen LogP contribution in [0.5, 0.6) is 11.5 Å². The fourth-order valence-electron chi connectivity index (χ4n) is 3.90. The molecule has 1 aliphatic heterocycles. The number of quaternary nitrogens is 1. The predicted molar refractivity (Wildman–Crippen MR) is 128 cm³/mol. The summed E-state index contributed by atoms with van der Waals surface area (Å²) in [6.45, 7) is 7.42. The van der Waals surface area contributed by atoms with Crippen LogP contribution in [0.2, 0.25) is 0 Å². The molecule has 1 atom stereocenters. The van der Waals surface area contributed by atoms with Gasteiger partial charge in [-0.15, -0.1) is 0 Å². The Bertz CT molecular complexity index is 1040. The number of carbonyl (C=O) groups is 2. The molecular weight excluding hydrogens is 432 g/mol. The number of rotatable bonds is 10. The van der Waals surface area contributed by atoms with E-state index < -0.39 is 23.5 Å². The molecule has 1 heterocycles. The number of amides is 1. The van der Waals surface area contributed by atoms with Crippen LogP contribution < -0.4 is 19.5 Å². The second-order valence-electron chi connectivity index (χ2n) is 9.04. The fourth-order valence-corrected chi connectivity index (χ4v) is 3.90. The molecule has 0 bridgehead atoms. The van der Waals surface area contributed by atoms with Crippen molar-refractivity contribution >= 4 is 17.4 Å². The molecule has 7 nitrogen and oxygen atoms in total. The summed E-state index contributed by atoms with van der Waals surface area (Å²) in [7, 11) is 3.96. The van der Waals surface area contributed by atoms with E-state index in [9.17, 15) is 14.7 Å². The van der Waals surface area contributed by atoms with Gasteiger partial charge in [0.15, 0.2) is 0 Å². The molecular formula is C27H34N2O5. The maximum atomic E-state index is 13.5. The third-order valence-electron chi connectivity index (χ3n) is 5.52. The van der Waals surface area contributed by atoms with Gasteiger partial charge in [-0.05, 0) is 55.7 Å².